The van der Waals surface area contributed by atoms with Crippen LogP contribution in [0.25, 0.3) is 117 Å². The van der Waals surface area contributed by atoms with Gasteiger partial charge >= 0.3 is 0 Å². The summed E-state index contributed by atoms with van der Waals surface area (Å²) >= 11 is 0. The SMILES string of the molecule is c1ccc(-c2ccc(-c3cccc(-n4c5ccccc5c5cc6c(cc54)oc4cccc(-c5nc(-c7ccccc7)nc(-c7ccc(-c8ccccc8)cc7)n5)c46)c3)cc2)cc1. The molecule has 3 aromatic heterocycles. The van der Waals surface area contributed by atoms with E-state index < -0.39 is 0 Å². The molecule has 12 aromatic rings. The van der Waals surface area contributed by atoms with Crippen LogP contribution < -0.4 is 0 Å². The molecule has 0 atom stereocenters. The van der Waals surface area contributed by atoms with Crippen LogP contribution in [0.15, 0.2) is 223 Å². The minimum absolute atomic E-state index is 0.588. The lowest BCUT2D eigenvalue weighted by Gasteiger charge is -2.11. The lowest BCUT2D eigenvalue weighted by molar-refractivity contribution is 0.669. The molecular formula is C57H36N4O. The Morgan fingerprint density at radius 2 is 0.806 bits per heavy atom. The number of rotatable bonds is 7. The van der Waals surface area contributed by atoms with Gasteiger partial charge in [-0.25, -0.2) is 15.0 Å². The van der Waals surface area contributed by atoms with Gasteiger partial charge < -0.3 is 8.98 Å². The van der Waals surface area contributed by atoms with Gasteiger partial charge in [0.15, 0.2) is 17.5 Å². The van der Waals surface area contributed by atoms with Crippen molar-refractivity contribution in [1.82, 2.24) is 19.5 Å². The van der Waals surface area contributed by atoms with E-state index in [4.69, 9.17) is 19.4 Å². The Hall–Kier alpha value is -8.41. The summed E-state index contributed by atoms with van der Waals surface area (Å²) in [5, 5.41) is 4.29. The smallest absolute Gasteiger partial charge is 0.164 e. The highest BCUT2D eigenvalue weighted by Gasteiger charge is 2.21. The summed E-state index contributed by atoms with van der Waals surface area (Å²) in [4.78, 5) is 15.4. The average Bonchev–Trinajstić information content (AvgIpc) is 3.89. The van der Waals surface area contributed by atoms with Crippen molar-refractivity contribution in [2.45, 2.75) is 0 Å². The molecule has 0 saturated heterocycles. The highest BCUT2D eigenvalue weighted by Crippen LogP contribution is 2.42. The van der Waals surface area contributed by atoms with Crippen molar-refractivity contribution in [3.05, 3.63) is 218 Å². The topological polar surface area (TPSA) is 56.7 Å². The number of nitrogens with zero attached hydrogens (tertiary/aromatic N) is 4. The average molecular weight is 793 g/mol. The maximum atomic E-state index is 6.75. The third-order valence-corrected chi connectivity index (χ3v) is 11.9. The first-order chi connectivity index (χ1) is 30.7. The van der Waals surface area contributed by atoms with E-state index in [1.54, 1.807) is 0 Å². The minimum Gasteiger partial charge on any atom is -0.456 e. The molecule has 62 heavy (non-hydrogen) atoms. The van der Waals surface area contributed by atoms with Gasteiger partial charge in [-0.1, -0.05) is 182 Å². The Balaban J connectivity index is 1.00. The van der Waals surface area contributed by atoms with Crippen LogP contribution in [0, 0.1) is 0 Å². The van der Waals surface area contributed by atoms with E-state index in [9.17, 15) is 0 Å². The van der Waals surface area contributed by atoms with Gasteiger partial charge in [0.1, 0.15) is 11.2 Å². The third kappa shape index (κ3) is 6.14. The highest BCUT2D eigenvalue weighted by atomic mass is 16.3. The van der Waals surface area contributed by atoms with Crippen LogP contribution >= 0.6 is 0 Å². The molecule has 0 saturated carbocycles. The van der Waals surface area contributed by atoms with E-state index in [0.717, 1.165) is 77.4 Å². The molecular weight excluding hydrogens is 757 g/mol. The molecule has 0 aliphatic heterocycles. The molecule has 0 radical (unpaired) electrons. The maximum absolute atomic E-state index is 6.75. The minimum atomic E-state index is 0.588. The number of benzene rings is 9. The predicted molar refractivity (Wildman–Crippen MR) is 254 cm³/mol. The van der Waals surface area contributed by atoms with Gasteiger partial charge in [0.05, 0.1) is 11.0 Å². The predicted octanol–water partition coefficient (Wildman–Crippen LogP) is 14.9. The van der Waals surface area contributed by atoms with E-state index in [0.29, 0.717) is 17.5 Å². The standard InChI is InChI=1S/C57H36N4O/c1-4-14-37(15-5-1)39-26-28-41(29-27-39)44-20-12-21-45(34-44)61-50-24-11-10-22-46(50)48-35-49-53(36-51(48)61)62-52-25-13-23-47(54(49)52)57-59-55(42-18-8-3-9-19-42)58-56(60-57)43-32-30-40(31-33-43)38-16-6-2-7-17-38/h1-36H. The van der Waals surface area contributed by atoms with Crippen LogP contribution in [-0.2, 0) is 0 Å². The Labute approximate surface area is 357 Å². The zero-order valence-corrected chi connectivity index (χ0v) is 33.5. The van der Waals surface area contributed by atoms with E-state index in [2.05, 4.69) is 174 Å². The van der Waals surface area contributed by atoms with Crippen LogP contribution in [0.3, 0.4) is 0 Å². The zero-order chi connectivity index (χ0) is 41.0. The molecule has 5 nitrogen and oxygen atoms in total. The van der Waals surface area contributed by atoms with Crippen molar-refractivity contribution < 1.29 is 4.42 Å². The van der Waals surface area contributed by atoms with Crippen LogP contribution in [0.1, 0.15) is 0 Å². The van der Waals surface area contributed by atoms with E-state index in [1.165, 1.54) is 22.1 Å². The normalized spacial score (nSPS) is 11.5. The first kappa shape index (κ1) is 35.5. The second kappa shape index (κ2) is 14.7. The number of hydrogen-bond acceptors (Lipinski definition) is 4. The Bertz CT molecular complexity index is 3590. The zero-order valence-electron chi connectivity index (χ0n) is 33.5. The summed E-state index contributed by atoms with van der Waals surface area (Å²) in [5.41, 5.74) is 14.6. The number of furan rings is 1. The molecule has 0 unspecified atom stereocenters. The van der Waals surface area contributed by atoms with E-state index >= 15 is 0 Å². The lowest BCUT2D eigenvalue weighted by Crippen LogP contribution is -2.00. The second-order valence-electron chi connectivity index (χ2n) is 15.6. The molecule has 290 valence electrons. The first-order valence-electron chi connectivity index (χ1n) is 20.8. The van der Waals surface area contributed by atoms with Gasteiger partial charge in [-0.15, -0.1) is 0 Å². The fraction of sp³-hybridized carbons (Fsp3) is 0. The quantitative estimate of drug-likeness (QED) is 0.161. The summed E-state index contributed by atoms with van der Waals surface area (Å²) < 4.78 is 9.11. The van der Waals surface area contributed by atoms with Crippen LogP contribution in [0.2, 0.25) is 0 Å². The molecule has 0 amide bonds. The highest BCUT2D eigenvalue weighted by molar-refractivity contribution is 6.19. The molecule has 9 aromatic carbocycles. The third-order valence-electron chi connectivity index (χ3n) is 11.9. The summed E-state index contributed by atoms with van der Waals surface area (Å²) in [6.07, 6.45) is 0. The molecule has 0 N–H and O–H groups in total. The molecule has 0 bridgehead atoms. The van der Waals surface area contributed by atoms with Crippen LogP contribution in [0.4, 0.5) is 0 Å². The van der Waals surface area contributed by atoms with Gasteiger partial charge in [-0.3, -0.25) is 0 Å². The van der Waals surface area contributed by atoms with Crippen molar-refractivity contribution in [2.75, 3.05) is 0 Å². The summed E-state index contributed by atoms with van der Waals surface area (Å²) in [7, 11) is 0. The van der Waals surface area contributed by atoms with Crippen molar-refractivity contribution in [2.24, 2.45) is 0 Å². The molecule has 0 aliphatic carbocycles. The van der Waals surface area contributed by atoms with Gasteiger partial charge in [0.2, 0.25) is 0 Å². The summed E-state index contributed by atoms with van der Waals surface area (Å²) in [5.74, 6) is 1.81. The first-order valence-corrected chi connectivity index (χ1v) is 20.8. The van der Waals surface area contributed by atoms with Gasteiger partial charge in [-0.05, 0) is 63.7 Å². The lowest BCUT2D eigenvalue weighted by atomic mass is 10.00. The number of para-hydroxylation sites is 1. The molecule has 3 heterocycles. The number of aromatic nitrogens is 4. The van der Waals surface area contributed by atoms with Crippen LogP contribution in [-0.4, -0.2) is 19.5 Å². The Kier molecular flexibility index (Phi) is 8.42. The molecule has 5 heteroatoms. The van der Waals surface area contributed by atoms with Crippen molar-refractivity contribution in [3.63, 3.8) is 0 Å². The fourth-order valence-electron chi connectivity index (χ4n) is 8.85. The number of fused-ring (bicyclic) bond motifs is 6. The summed E-state index contributed by atoms with van der Waals surface area (Å²) in [6, 6.07) is 76.3. The molecule has 12 rings (SSSR count). The largest absolute Gasteiger partial charge is 0.456 e. The van der Waals surface area contributed by atoms with Gasteiger partial charge in [-0.2, -0.15) is 0 Å². The van der Waals surface area contributed by atoms with E-state index in [1.807, 2.05) is 48.5 Å². The second-order valence-corrected chi connectivity index (χ2v) is 15.6. The van der Waals surface area contributed by atoms with Crippen molar-refractivity contribution in [3.8, 4) is 73.2 Å². The monoisotopic (exact) mass is 792 g/mol. The number of hydrogen-bond donors (Lipinski definition) is 0. The van der Waals surface area contributed by atoms with Crippen LogP contribution in [0.5, 0.6) is 0 Å². The molecule has 0 fully saturated rings. The molecule has 0 aliphatic rings. The van der Waals surface area contributed by atoms with E-state index in [-0.39, 0.29) is 0 Å². The maximum Gasteiger partial charge on any atom is 0.164 e. The Morgan fingerprint density at radius 3 is 1.47 bits per heavy atom. The summed E-state index contributed by atoms with van der Waals surface area (Å²) in [6.45, 7) is 0. The molecule has 0 spiro atoms. The van der Waals surface area contributed by atoms with Gasteiger partial charge in [0.25, 0.3) is 0 Å². The van der Waals surface area contributed by atoms with Gasteiger partial charge in [0, 0.05) is 50.0 Å². The fourth-order valence-corrected chi connectivity index (χ4v) is 8.85. The Morgan fingerprint density at radius 1 is 0.306 bits per heavy atom. The van der Waals surface area contributed by atoms with Crippen molar-refractivity contribution >= 4 is 43.7 Å². The van der Waals surface area contributed by atoms with Crippen molar-refractivity contribution in [1.29, 1.82) is 0 Å².